The summed E-state index contributed by atoms with van der Waals surface area (Å²) in [6, 6.07) is 5.13. The van der Waals surface area contributed by atoms with Crippen LogP contribution in [0.25, 0.3) is 10.6 Å². The molecule has 2 aromatic rings. The average Bonchev–Trinajstić information content (AvgIpc) is 3.43. The van der Waals surface area contributed by atoms with Crippen molar-refractivity contribution in [3.05, 3.63) is 34.4 Å². The molecule has 9 atom stereocenters. The molecule has 0 unspecified atom stereocenters. The lowest BCUT2D eigenvalue weighted by Crippen LogP contribution is -2.65. The molecule has 2 aliphatic heterocycles. The molecule has 0 saturated carbocycles. The Morgan fingerprint density at radius 3 is 2.73 bits per heavy atom. The predicted molar refractivity (Wildman–Crippen MR) is 159 cm³/mol. The number of nitrogens with one attached hydrogen (secondary N) is 2. The van der Waals surface area contributed by atoms with Gasteiger partial charge in [-0.1, -0.05) is 61.9 Å². The van der Waals surface area contributed by atoms with Gasteiger partial charge in [0.05, 0.1) is 22.6 Å². The third-order valence-electron chi connectivity index (χ3n) is 7.56. The first-order chi connectivity index (χ1) is 19.6. The van der Waals surface area contributed by atoms with Crippen LogP contribution in [-0.4, -0.2) is 96.3 Å². The summed E-state index contributed by atoms with van der Waals surface area (Å²) < 4.78 is 6.57. The SMILES string of the molecule is CCC[C@H]1CCN[C@@H](C(=O)N[C@@H]([C@H]2O[C@H](SC)[C@H](O)[C@@H](O)[C@H]2O)[C@H](C)Sc2nnc(-c3ccccc3[N+](=O)[O-])s2)C1. The number of aromatic nitrogens is 2. The lowest BCUT2D eigenvalue weighted by atomic mass is 9.88. The van der Waals surface area contributed by atoms with Gasteiger partial charge in [0.2, 0.25) is 5.91 Å². The Morgan fingerprint density at radius 2 is 2.02 bits per heavy atom. The standard InChI is InChI=1S/C26H37N5O7S3/c1-4-7-14-10-11-27-16(12-14)23(35)28-18(22-20(33)19(32)21(34)25(38-22)39-3)13(2)40-26-30-29-24(41-26)15-8-5-6-9-17(15)31(36)37/h5-6,8-9,13-14,16,18-22,25,27,32-34H,4,7,10-12H2,1-3H3,(H,28,35)/t13-,14-,16+,18+,19-,20+,21+,22+,25+/m0/s1. The van der Waals surface area contributed by atoms with Crippen molar-refractivity contribution in [2.24, 2.45) is 5.92 Å². The highest BCUT2D eigenvalue weighted by molar-refractivity contribution is 8.01. The average molecular weight is 628 g/mol. The van der Waals surface area contributed by atoms with Gasteiger partial charge < -0.3 is 30.7 Å². The number of hydrogen-bond donors (Lipinski definition) is 5. The van der Waals surface area contributed by atoms with Gasteiger partial charge in [-0.05, 0) is 37.6 Å². The van der Waals surface area contributed by atoms with E-state index in [0.717, 1.165) is 25.8 Å². The molecule has 1 aromatic carbocycles. The third-order valence-corrected chi connectivity index (χ3v) is 10.7. The highest BCUT2D eigenvalue weighted by Gasteiger charge is 2.48. The van der Waals surface area contributed by atoms with Gasteiger partial charge in [-0.15, -0.1) is 22.0 Å². The molecule has 12 nitrogen and oxygen atoms in total. The maximum absolute atomic E-state index is 13.5. The Labute approximate surface area is 251 Å². The Kier molecular flexibility index (Phi) is 11.4. The Morgan fingerprint density at radius 1 is 1.27 bits per heavy atom. The summed E-state index contributed by atoms with van der Waals surface area (Å²) in [7, 11) is 0. The van der Waals surface area contributed by atoms with Gasteiger partial charge in [-0.2, -0.15) is 0 Å². The van der Waals surface area contributed by atoms with E-state index in [1.54, 1.807) is 24.5 Å². The number of nitro benzene ring substituents is 1. The minimum absolute atomic E-state index is 0.0749. The Balaban J connectivity index is 1.57. The first-order valence-corrected chi connectivity index (χ1v) is 16.6. The molecule has 0 spiro atoms. The molecule has 2 fully saturated rings. The first-order valence-electron chi connectivity index (χ1n) is 13.6. The van der Waals surface area contributed by atoms with Crippen molar-refractivity contribution in [2.75, 3.05) is 12.8 Å². The van der Waals surface area contributed by atoms with E-state index in [0.29, 0.717) is 27.2 Å². The fourth-order valence-electron chi connectivity index (χ4n) is 5.38. The van der Waals surface area contributed by atoms with Crippen LogP contribution < -0.4 is 10.6 Å². The van der Waals surface area contributed by atoms with Gasteiger partial charge in [0.15, 0.2) is 9.35 Å². The lowest BCUT2D eigenvalue weighted by molar-refractivity contribution is -0.384. The Hall–Kier alpha value is -1.85. The molecule has 0 bridgehead atoms. The number of carbonyl (C=O) groups excluding carboxylic acids is 1. The minimum Gasteiger partial charge on any atom is -0.388 e. The number of thioether (sulfide) groups is 2. The van der Waals surface area contributed by atoms with Gasteiger partial charge in [0.25, 0.3) is 5.69 Å². The third kappa shape index (κ3) is 7.57. The molecule has 1 aromatic heterocycles. The zero-order valence-corrected chi connectivity index (χ0v) is 25.5. The highest BCUT2D eigenvalue weighted by atomic mass is 32.2. The van der Waals surface area contributed by atoms with Crippen LogP contribution in [0.15, 0.2) is 28.6 Å². The van der Waals surface area contributed by atoms with E-state index in [-0.39, 0.29) is 11.6 Å². The van der Waals surface area contributed by atoms with Crippen LogP contribution in [-0.2, 0) is 9.53 Å². The molecule has 0 radical (unpaired) electrons. The van der Waals surface area contributed by atoms with Crippen LogP contribution in [0, 0.1) is 16.0 Å². The number of amides is 1. The van der Waals surface area contributed by atoms with E-state index in [4.69, 9.17) is 4.74 Å². The summed E-state index contributed by atoms with van der Waals surface area (Å²) in [4.78, 5) is 24.6. The van der Waals surface area contributed by atoms with Gasteiger partial charge in [0.1, 0.15) is 29.9 Å². The molecule has 2 aliphatic rings. The summed E-state index contributed by atoms with van der Waals surface area (Å²) >= 11 is 3.67. The summed E-state index contributed by atoms with van der Waals surface area (Å²) in [5, 5.41) is 58.2. The zero-order valence-electron chi connectivity index (χ0n) is 23.1. The molecular formula is C26H37N5O7S3. The number of ether oxygens (including phenoxy) is 1. The normalized spacial score (nSPS) is 30.0. The maximum atomic E-state index is 13.5. The number of aliphatic hydroxyl groups is 3. The highest BCUT2D eigenvalue weighted by Crippen LogP contribution is 2.38. The Bertz CT molecular complexity index is 1190. The molecule has 0 aliphatic carbocycles. The molecule has 1 amide bonds. The van der Waals surface area contributed by atoms with Crippen molar-refractivity contribution < 1.29 is 29.8 Å². The quantitative estimate of drug-likeness (QED) is 0.140. The van der Waals surface area contributed by atoms with Crippen molar-refractivity contribution in [1.29, 1.82) is 0 Å². The number of piperidine rings is 1. The molecular weight excluding hydrogens is 591 g/mol. The molecule has 2 saturated heterocycles. The number of nitro groups is 1. The van der Waals surface area contributed by atoms with E-state index in [1.807, 2.05) is 6.92 Å². The second kappa shape index (κ2) is 14.6. The van der Waals surface area contributed by atoms with E-state index in [1.165, 1.54) is 40.9 Å². The van der Waals surface area contributed by atoms with Crippen molar-refractivity contribution in [1.82, 2.24) is 20.8 Å². The molecule has 3 heterocycles. The van der Waals surface area contributed by atoms with Gasteiger partial charge in [-0.3, -0.25) is 14.9 Å². The number of nitrogens with zero attached hydrogens (tertiary/aromatic N) is 3. The van der Waals surface area contributed by atoms with E-state index >= 15 is 0 Å². The molecule has 226 valence electrons. The topological polar surface area (TPSA) is 180 Å². The molecule has 4 rings (SSSR count). The van der Waals surface area contributed by atoms with Crippen molar-refractivity contribution in [2.45, 2.75) is 91.1 Å². The van der Waals surface area contributed by atoms with Crippen LogP contribution >= 0.6 is 34.9 Å². The maximum Gasteiger partial charge on any atom is 0.279 e. The van der Waals surface area contributed by atoms with Gasteiger partial charge >= 0.3 is 0 Å². The van der Waals surface area contributed by atoms with Crippen molar-refractivity contribution in [3.8, 4) is 10.6 Å². The van der Waals surface area contributed by atoms with E-state index in [9.17, 15) is 30.2 Å². The number of benzene rings is 1. The van der Waals surface area contributed by atoms with Crippen LogP contribution in [0.1, 0.15) is 39.5 Å². The minimum atomic E-state index is -1.46. The summed E-state index contributed by atoms with van der Waals surface area (Å²) in [6.45, 7) is 4.71. The fraction of sp³-hybridized carbons (Fsp3) is 0.654. The second-order valence-corrected chi connectivity index (χ2v) is 13.9. The first kappa shape index (κ1) is 32.1. The number of aliphatic hydroxyl groups excluding tert-OH is 3. The van der Waals surface area contributed by atoms with Crippen LogP contribution in [0.2, 0.25) is 0 Å². The van der Waals surface area contributed by atoms with Gasteiger partial charge in [-0.25, -0.2) is 0 Å². The van der Waals surface area contributed by atoms with Crippen LogP contribution in [0.4, 0.5) is 5.69 Å². The largest absolute Gasteiger partial charge is 0.388 e. The monoisotopic (exact) mass is 627 g/mol. The van der Waals surface area contributed by atoms with Gasteiger partial charge in [0, 0.05) is 11.3 Å². The predicted octanol–water partition coefficient (Wildman–Crippen LogP) is 2.42. The molecule has 41 heavy (non-hydrogen) atoms. The number of carbonyl (C=O) groups is 1. The summed E-state index contributed by atoms with van der Waals surface area (Å²) in [5.41, 5.74) is -0.520. The van der Waals surface area contributed by atoms with E-state index < -0.39 is 52.1 Å². The van der Waals surface area contributed by atoms with Crippen LogP contribution in [0.5, 0.6) is 0 Å². The second-order valence-electron chi connectivity index (χ2n) is 10.4. The lowest BCUT2D eigenvalue weighted by Gasteiger charge is -2.44. The van der Waals surface area contributed by atoms with E-state index in [2.05, 4.69) is 27.8 Å². The number of para-hydroxylation sites is 1. The zero-order chi connectivity index (χ0) is 29.7. The van der Waals surface area contributed by atoms with Crippen molar-refractivity contribution in [3.63, 3.8) is 0 Å². The number of hydrogen-bond acceptors (Lipinski definition) is 13. The fourth-order valence-corrected chi connectivity index (χ4v) is 8.33. The smallest absolute Gasteiger partial charge is 0.279 e. The van der Waals surface area contributed by atoms with Crippen molar-refractivity contribution >= 4 is 46.5 Å². The number of rotatable bonds is 11. The summed E-state index contributed by atoms with van der Waals surface area (Å²) in [6.07, 6.45) is 0.304. The molecule has 15 heteroatoms. The molecule has 5 N–H and O–H groups in total. The van der Waals surface area contributed by atoms with Crippen LogP contribution in [0.3, 0.4) is 0 Å². The summed E-state index contributed by atoms with van der Waals surface area (Å²) in [5.74, 6) is 0.219.